The lowest BCUT2D eigenvalue weighted by Gasteiger charge is -2.02. The molecule has 4 heteroatoms. The Hall–Kier alpha value is -1.34. The summed E-state index contributed by atoms with van der Waals surface area (Å²) in [6.07, 6.45) is 0. The Kier molecular flexibility index (Phi) is 2.83. The van der Waals surface area contributed by atoms with Gasteiger partial charge in [0.2, 0.25) is 0 Å². The van der Waals surface area contributed by atoms with Gasteiger partial charge in [0, 0.05) is 0 Å². The van der Waals surface area contributed by atoms with Gasteiger partial charge in [-0.3, -0.25) is 4.79 Å². The summed E-state index contributed by atoms with van der Waals surface area (Å²) in [5.41, 5.74) is 0. The largest absolute Gasteiger partial charge is 0.336 e. The van der Waals surface area contributed by atoms with Crippen LogP contribution < -0.4 is 5.32 Å². The van der Waals surface area contributed by atoms with Gasteiger partial charge in [-0.15, -0.1) is 11.3 Å². The van der Waals surface area contributed by atoms with Crippen molar-refractivity contribution in [2.45, 2.75) is 13.0 Å². The van der Waals surface area contributed by atoms with Gasteiger partial charge in [0.05, 0.1) is 10.9 Å². The van der Waals surface area contributed by atoms with E-state index in [0.29, 0.717) is 4.88 Å². The normalized spacial score (nSPS) is 11.7. The zero-order valence-corrected chi connectivity index (χ0v) is 7.39. The number of hydrogen-bond donors (Lipinski definition) is 1. The number of thiophene rings is 1. The minimum atomic E-state index is -0.431. The van der Waals surface area contributed by atoms with E-state index in [0.717, 1.165) is 0 Å². The Balaban J connectivity index is 2.57. The lowest BCUT2D eigenvalue weighted by Crippen LogP contribution is -2.30. The van der Waals surface area contributed by atoms with Crippen LogP contribution >= 0.6 is 11.3 Å². The minimum Gasteiger partial charge on any atom is -0.336 e. The second-order valence-corrected chi connectivity index (χ2v) is 3.25. The van der Waals surface area contributed by atoms with Crippen LogP contribution in [0.2, 0.25) is 0 Å². The summed E-state index contributed by atoms with van der Waals surface area (Å²) < 4.78 is 0. The van der Waals surface area contributed by atoms with E-state index in [4.69, 9.17) is 5.26 Å². The molecule has 1 unspecified atom stereocenters. The molecule has 1 aromatic heterocycles. The maximum atomic E-state index is 11.2. The lowest BCUT2D eigenvalue weighted by atomic mass is 10.3. The Bertz CT molecular complexity index is 299. The number of nitrogens with zero attached hydrogens (tertiary/aromatic N) is 1. The Morgan fingerprint density at radius 2 is 2.58 bits per heavy atom. The molecule has 1 atom stereocenters. The van der Waals surface area contributed by atoms with Crippen LogP contribution in [0.4, 0.5) is 0 Å². The van der Waals surface area contributed by atoms with Crippen molar-refractivity contribution < 1.29 is 4.79 Å². The van der Waals surface area contributed by atoms with Gasteiger partial charge in [-0.05, 0) is 18.4 Å². The van der Waals surface area contributed by atoms with Crippen molar-refractivity contribution in [2.24, 2.45) is 0 Å². The second-order valence-electron chi connectivity index (χ2n) is 2.30. The number of nitriles is 1. The molecule has 0 aliphatic carbocycles. The third-order valence-corrected chi connectivity index (χ3v) is 2.15. The molecule has 1 rings (SSSR count). The second kappa shape index (κ2) is 3.88. The third kappa shape index (κ3) is 2.07. The number of nitrogens with one attached hydrogen (secondary N) is 1. The van der Waals surface area contributed by atoms with E-state index >= 15 is 0 Å². The first-order chi connectivity index (χ1) is 5.74. The van der Waals surface area contributed by atoms with E-state index in [1.165, 1.54) is 11.3 Å². The van der Waals surface area contributed by atoms with Crippen LogP contribution in [0.1, 0.15) is 16.6 Å². The Labute approximate surface area is 74.6 Å². The highest BCUT2D eigenvalue weighted by Crippen LogP contribution is 2.07. The van der Waals surface area contributed by atoms with Gasteiger partial charge >= 0.3 is 0 Å². The lowest BCUT2D eigenvalue weighted by molar-refractivity contribution is 0.0952. The molecule has 3 nitrogen and oxygen atoms in total. The molecule has 0 aromatic carbocycles. The molecule has 1 N–H and O–H groups in total. The van der Waals surface area contributed by atoms with Crippen LogP contribution in [0.3, 0.4) is 0 Å². The highest BCUT2D eigenvalue weighted by Gasteiger charge is 2.08. The molecule has 1 heterocycles. The number of carbonyl (C=O) groups excluding carboxylic acids is 1. The first-order valence-corrected chi connectivity index (χ1v) is 4.36. The van der Waals surface area contributed by atoms with Crippen LogP contribution in [0.15, 0.2) is 17.5 Å². The fraction of sp³-hybridized carbons (Fsp3) is 0.250. The molecule has 0 fully saturated rings. The highest BCUT2D eigenvalue weighted by molar-refractivity contribution is 7.12. The third-order valence-electron chi connectivity index (χ3n) is 1.29. The zero-order valence-electron chi connectivity index (χ0n) is 6.57. The summed E-state index contributed by atoms with van der Waals surface area (Å²) >= 11 is 1.36. The molecule has 0 aliphatic rings. The van der Waals surface area contributed by atoms with E-state index in [2.05, 4.69) is 5.32 Å². The Morgan fingerprint density at radius 1 is 1.83 bits per heavy atom. The van der Waals surface area contributed by atoms with Gasteiger partial charge in [-0.25, -0.2) is 0 Å². The maximum Gasteiger partial charge on any atom is 0.262 e. The smallest absolute Gasteiger partial charge is 0.262 e. The molecule has 0 saturated heterocycles. The van der Waals surface area contributed by atoms with Crippen molar-refractivity contribution >= 4 is 17.2 Å². The van der Waals surface area contributed by atoms with E-state index in [9.17, 15) is 4.79 Å². The number of rotatable bonds is 2. The molecule has 12 heavy (non-hydrogen) atoms. The van der Waals surface area contributed by atoms with Crippen LogP contribution in [0, 0.1) is 11.3 Å². The summed E-state index contributed by atoms with van der Waals surface area (Å²) in [5, 5.41) is 12.8. The SMILES string of the molecule is CC(C#N)NC(=O)c1cccs1. The van der Waals surface area contributed by atoms with E-state index in [1.807, 2.05) is 11.4 Å². The topological polar surface area (TPSA) is 52.9 Å². The van der Waals surface area contributed by atoms with Gasteiger partial charge < -0.3 is 5.32 Å². The summed E-state index contributed by atoms with van der Waals surface area (Å²) in [6.45, 7) is 1.64. The average molecular weight is 180 g/mol. The molecular weight excluding hydrogens is 172 g/mol. The zero-order chi connectivity index (χ0) is 8.97. The Morgan fingerprint density at radius 3 is 3.08 bits per heavy atom. The molecule has 0 radical (unpaired) electrons. The molecule has 62 valence electrons. The van der Waals surface area contributed by atoms with Gasteiger partial charge in [0.25, 0.3) is 5.91 Å². The maximum absolute atomic E-state index is 11.2. The van der Waals surface area contributed by atoms with Crippen LogP contribution in [-0.4, -0.2) is 11.9 Å². The van der Waals surface area contributed by atoms with Gasteiger partial charge in [-0.1, -0.05) is 6.07 Å². The van der Waals surface area contributed by atoms with Gasteiger partial charge in [-0.2, -0.15) is 5.26 Å². The van der Waals surface area contributed by atoms with Crippen molar-refractivity contribution in [3.05, 3.63) is 22.4 Å². The van der Waals surface area contributed by atoms with Crippen LogP contribution in [-0.2, 0) is 0 Å². The molecular formula is C8H8N2OS. The first-order valence-electron chi connectivity index (χ1n) is 3.48. The fourth-order valence-electron chi connectivity index (χ4n) is 0.708. The molecule has 1 aromatic rings. The van der Waals surface area contributed by atoms with Crippen LogP contribution in [0.5, 0.6) is 0 Å². The van der Waals surface area contributed by atoms with Crippen molar-refractivity contribution in [1.29, 1.82) is 5.26 Å². The predicted octanol–water partition coefficient (Wildman–Crippen LogP) is 1.39. The number of hydrogen-bond acceptors (Lipinski definition) is 3. The van der Waals surface area contributed by atoms with Crippen LogP contribution in [0.25, 0.3) is 0 Å². The van der Waals surface area contributed by atoms with Gasteiger partial charge in [0.15, 0.2) is 0 Å². The van der Waals surface area contributed by atoms with Crippen molar-refractivity contribution in [3.63, 3.8) is 0 Å². The molecule has 1 amide bonds. The summed E-state index contributed by atoms with van der Waals surface area (Å²) in [6, 6.07) is 5.03. The van der Waals surface area contributed by atoms with E-state index in [-0.39, 0.29) is 5.91 Å². The van der Waals surface area contributed by atoms with Crippen molar-refractivity contribution in [2.75, 3.05) is 0 Å². The van der Waals surface area contributed by atoms with E-state index < -0.39 is 6.04 Å². The van der Waals surface area contributed by atoms with Crippen molar-refractivity contribution in [3.8, 4) is 6.07 Å². The molecule has 0 aliphatic heterocycles. The predicted molar refractivity (Wildman–Crippen MR) is 46.9 cm³/mol. The summed E-state index contributed by atoms with van der Waals surface area (Å²) in [4.78, 5) is 11.9. The van der Waals surface area contributed by atoms with Crippen molar-refractivity contribution in [1.82, 2.24) is 5.32 Å². The fourth-order valence-corrected chi connectivity index (χ4v) is 1.33. The quantitative estimate of drug-likeness (QED) is 0.747. The summed E-state index contributed by atoms with van der Waals surface area (Å²) in [7, 11) is 0. The molecule has 0 saturated carbocycles. The number of amides is 1. The first kappa shape index (κ1) is 8.75. The molecule has 0 bridgehead atoms. The average Bonchev–Trinajstić information content (AvgIpc) is 2.56. The molecule has 0 spiro atoms. The highest BCUT2D eigenvalue weighted by atomic mass is 32.1. The monoisotopic (exact) mass is 180 g/mol. The number of carbonyl (C=O) groups is 1. The standard InChI is InChI=1S/C8H8N2OS/c1-6(5-9)10-8(11)7-3-2-4-12-7/h2-4,6H,1H3,(H,10,11). The van der Waals surface area contributed by atoms with E-state index in [1.54, 1.807) is 19.1 Å². The minimum absolute atomic E-state index is 0.181. The summed E-state index contributed by atoms with van der Waals surface area (Å²) in [5.74, 6) is -0.181. The van der Waals surface area contributed by atoms with Gasteiger partial charge in [0.1, 0.15) is 6.04 Å².